The summed E-state index contributed by atoms with van der Waals surface area (Å²) >= 11 is 5.54. The molecule has 190 valence electrons. The molecule has 1 aliphatic rings. The summed E-state index contributed by atoms with van der Waals surface area (Å²) < 4.78 is 0. The van der Waals surface area contributed by atoms with E-state index in [1.165, 1.54) is 4.90 Å². The van der Waals surface area contributed by atoms with E-state index in [1.807, 2.05) is 44.3 Å². The summed E-state index contributed by atoms with van der Waals surface area (Å²) in [7, 11) is 5.37. The van der Waals surface area contributed by atoms with Crippen molar-refractivity contribution in [2.45, 2.75) is 38.6 Å². The predicted molar refractivity (Wildman–Crippen MR) is 142 cm³/mol. The van der Waals surface area contributed by atoms with Crippen molar-refractivity contribution < 1.29 is 14.4 Å². The second-order valence-electron chi connectivity index (χ2n) is 9.01. The highest BCUT2D eigenvalue weighted by Gasteiger charge is 2.26. The van der Waals surface area contributed by atoms with Crippen LogP contribution in [0.4, 0.5) is 5.69 Å². The van der Waals surface area contributed by atoms with E-state index in [0.717, 1.165) is 37.4 Å². The first kappa shape index (κ1) is 28.3. The number of rotatable bonds is 8. The molecule has 35 heavy (non-hydrogen) atoms. The number of halogens is 1. The third kappa shape index (κ3) is 9.70. The summed E-state index contributed by atoms with van der Waals surface area (Å²) in [5.41, 5.74) is 1.02. The van der Waals surface area contributed by atoms with Gasteiger partial charge in [-0.3, -0.25) is 14.4 Å². The molecule has 0 bridgehead atoms. The first-order valence-corrected chi connectivity index (χ1v) is 12.4. The molecular formula is C27H37ClN4O3. The number of benzene rings is 2. The highest BCUT2D eigenvalue weighted by Crippen LogP contribution is 2.18. The minimum Gasteiger partial charge on any atom is -0.347 e. The lowest BCUT2D eigenvalue weighted by Crippen LogP contribution is -2.46. The van der Waals surface area contributed by atoms with E-state index in [9.17, 15) is 14.4 Å². The number of nitrogens with zero attached hydrogens (tertiary/aromatic N) is 2. The van der Waals surface area contributed by atoms with E-state index in [0.29, 0.717) is 17.7 Å². The Morgan fingerprint density at radius 2 is 1.83 bits per heavy atom. The summed E-state index contributed by atoms with van der Waals surface area (Å²) in [5, 5.41) is 6.54. The van der Waals surface area contributed by atoms with Crippen LogP contribution in [0.3, 0.4) is 0 Å². The molecule has 3 amide bonds. The van der Waals surface area contributed by atoms with Crippen LogP contribution < -0.4 is 10.6 Å². The second kappa shape index (κ2) is 14.5. The Kier molecular flexibility index (Phi) is 11.7. The Hall–Kier alpha value is -2.90. The smallest absolute Gasteiger partial charge is 0.252 e. The molecule has 2 N–H and O–H groups in total. The number of hydrogen-bond donors (Lipinski definition) is 2. The lowest BCUT2D eigenvalue weighted by molar-refractivity contribution is -0.130. The van der Waals surface area contributed by atoms with Crippen LogP contribution in [0.5, 0.6) is 0 Å². The fraction of sp³-hybridized carbons (Fsp3) is 0.444. The van der Waals surface area contributed by atoms with E-state index in [-0.39, 0.29) is 23.6 Å². The third-order valence-electron chi connectivity index (χ3n) is 5.78. The van der Waals surface area contributed by atoms with E-state index in [1.54, 1.807) is 38.4 Å². The van der Waals surface area contributed by atoms with Crippen molar-refractivity contribution in [1.82, 2.24) is 15.1 Å². The van der Waals surface area contributed by atoms with Gasteiger partial charge in [0.05, 0.1) is 5.92 Å². The van der Waals surface area contributed by atoms with Gasteiger partial charge in [0.1, 0.15) is 6.04 Å². The van der Waals surface area contributed by atoms with Crippen molar-refractivity contribution >= 4 is 35.0 Å². The van der Waals surface area contributed by atoms with Crippen LogP contribution in [0.2, 0.25) is 5.02 Å². The molecule has 0 saturated carbocycles. The van der Waals surface area contributed by atoms with Gasteiger partial charge in [-0.1, -0.05) is 55.6 Å². The molecule has 2 aromatic rings. The molecule has 1 saturated heterocycles. The third-order valence-corrected chi connectivity index (χ3v) is 6.03. The Morgan fingerprint density at radius 1 is 1.11 bits per heavy atom. The van der Waals surface area contributed by atoms with Gasteiger partial charge >= 0.3 is 0 Å². The molecule has 2 unspecified atom stereocenters. The minimum absolute atomic E-state index is 0.0227. The van der Waals surface area contributed by atoms with Crippen LogP contribution in [0.1, 0.15) is 43.0 Å². The predicted octanol–water partition coefficient (Wildman–Crippen LogP) is 4.29. The summed E-state index contributed by atoms with van der Waals surface area (Å²) in [6.07, 6.45) is 3.25. The Bertz CT molecular complexity index is 968. The van der Waals surface area contributed by atoms with Crippen molar-refractivity contribution in [3.63, 3.8) is 0 Å². The fourth-order valence-electron chi connectivity index (χ4n) is 3.77. The molecule has 1 heterocycles. The van der Waals surface area contributed by atoms with Gasteiger partial charge in [0, 0.05) is 36.9 Å². The van der Waals surface area contributed by atoms with Gasteiger partial charge in [-0.15, -0.1) is 0 Å². The topological polar surface area (TPSA) is 81.8 Å². The summed E-state index contributed by atoms with van der Waals surface area (Å²) in [4.78, 5) is 41.1. The van der Waals surface area contributed by atoms with Gasteiger partial charge in [0.25, 0.3) is 5.91 Å². The Morgan fingerprint density at radius 3 is 2.37 bits per heavy atom. The van der Waals surface area contributed by atoms with Gasteiger partial charge in [-0.05, 0) is 56.8 Å². The number of likely N-dealkylation sites (tertiary alicyclic amines) is 1. The van der Waals surface area contributed by atoms with Crippen LogP contribution in [-0.2, 0) is 9.59 Å². The van der Waals surface area contributed by atoms with E-state index < -0.39 is 6.04 Å². The number of anilines is 1. The standard InChI is InChI=1S/C21H32N4O3.C6H5Cl/c1-5-6-10-18(21(28)24(2)3)23-19(26)15-8-7-9-17(13-15)22-20(27)16-11-12-25(4)14-16;7-6-4-2-1-3-5-6/h7-9,13,16,18H,5-6,10-12,14H2,1-4H3,(H,22,27)(H,23,26);1-5H. The largest absolute Gasteiger partial charge is 0.347 e. The number of unbranched alkanes of at least 4 members (excludes halogenated alkanes) is 1. The van der Waals surface area contributed by atoms with Crippen LogP contribution in [0.15, 0.2) is 54.6 Å². The van der Waals surface area contributed by atoms with Crippen molar-refractivity contribution in [3.05, 3.63) is 65.2 Å². The quantitative estimate of drug-likeness (QED) is 0.566. The van der Waals surface area contributed by atoms with Crippen LogP contribution >= 0.6 is 11.6 Å². The molecule has 7 nitrogen and oxygen atoms in total. The van der Waals surface area contributed by atoms with Crippen molar-refractivity contribution in [2.75, 3.05) is 39.5 Å². The van der Waals surface area contributed by atoms with Gasteiger partial charge < -0.3 is 20.4 Å². The number of carbonyl (C=O) groups is 3. The molecule has 2 atom stereocenters. The molecule has 2 aromatic carbocycles. The zero-order valence-electron chi connectivity index (χ0n) is 21.1. The SMILES string of the molecule is CCCCC(NC(=O)c1cccc(NC(=O)C2CCN(C)C2)c1)C(=O)N(C)C.Clc1ccccc1. The maximum atomic E-state index is 12.7. The van der Waals surface area contributed by atoms with Crippen molar-refractivity contribution in [3.8, 4) is 0 Å². The van der Waals surface area contributed by atoms with Crippen LogP contribution in [-0.4, -0.2) is 67.8 Å². The molecule has 1 fully saturated rings. The summed E-state index contributed by atoms with van der Waals surface area (Å²) in [6, 6.07) is 15.7. The zero-order chi connectivity index (χ0) is 25.8. The monoisotopic (exact) mass is 500 g/mol. The highest BCUT2D eigenvalue weighted by atomic mass is 35.5. The first-order valence-electron chi connectivity index (χ1n) is 12.0. The normalized spacial score (nSPS) is 16.0. The molecule has 0 spiro atoms. The number of likely N-dealkylation sites (N-methyl/N-ethyl adjacent to an activating group) is 1. The number of hydrogen-bond acceptors (Lipinski definition) is 4. The van der Waals surface area contributed by atoms with Crippen LogP contribution in [0.25, 0.3) is 0 Å². The lowest BCUT2D eigenvalue weighted by Gasteiger charge is -2.21. The summed E-state index contributed by atoms with van der Waals surface area (Å²) in [6.45, 7) is 3.71. The molecule has 0 aliphatic carbocycles. The lowest BCUT2D eigenvalue weighted by atomic mass is 10.1. The molecule has 0 aromatic heterocycles. The highest BCUT2D eigenvalue weighted by molar-refractivity contribution is 6.30. The first-order chi connectivity index (χ1) is 16.7. The van der Waals surface area contributed by atoms with Gasteiger partial charge in [-0.2, -0.15) is 0 Å². The average molecular weight is 501 g/mol. The average Bonchev–Trinajstić information content (AvgIpc) is 3.28. The molecule has 0 radical (unpaired) electrons. The number of amides is 3. The van der Waals surface area contributed by atoms with Crippen LogP contribution in [0, 0.1) is 5.92 Å². The van der Waals surface area contributed by atoms with Gasteiger partial charge in [0.15, 0.2) is 0 Å². The second-order valence-corrected chi connectivity index (χ2v) is 9.45. The Balaban J connectivity index is 0.000000527. The molecule has 1 aliphatic heterocycles. The molecule has 8 heteroatoms. The van der Waals surface area contributed by atoms with Gasteiger partial charge in [-0.25, -0.2) is 0 Å². The van der Waals surface area contributed by atoms with Crippen molar-refractivity contribution in [2.24, 2.45) is 5.92 Å². The Labute approximate surface area is 213 Å². The molecule has 3 rings (SSSR count). The zero-order valence-corrected chi connectivity index (χ0v) is 21.8. The maximum absolute atomic E-state index is 12.7. The minimum atomic E-state index is -0.547. The maximum Gasteiger partial charge on any atom is 0.252 e. The van der Waals surface area contributed by atoms with Crippen molar-refractivity contribution in [1.29, 1.82) is 0 Å². The molecular weight excluding hydrogens is 464 g/mol. The summed E-state index contributed by atoms with van der Waals surface area (Å²) in [5.74, 6) is -0.478. The number of carbonyl (C=O) groups excluding carboxylic acids is 3. The fourth-order valence-corrected chi connectivity index (χ4v) is 3.91. The van der Waals surface area contributed by atoms with E-state index in [2.05, 4.69) is 15.5 Å². The van der Waals surface area contributed by atoms with E-state index in [4.69, 9.17) is 11.6 Å². The number of nitrogens with one attached hydrogen (secondary N) is 2. The van der Waals surface area contributed by atoms with E-state index >= 15 is 0 Å². The van der Waals surface area contributed by atoms with Gasteiger partial charge in [0.2, 0.25) is 11.8 Å².